The average Bonchev–Trinajstić information content (AvgIpc) is 2.87. The predicted molar refractivity (Wildman–Crippen MR) is 63.0 cm³/mol. The zero-order valence-electron chi connectivity index (χ0n) is 8.60. The predicted octanol–water partition coefficient (Wildman–Crippen LogP) is 1.88. The Morgan fingerprint density at radius 3 is 3.13 bits per heavy atom. The van der Waals surface area contributed by atoms with Gasteiger partial charge in [0, 0.05) is 30.2 Å². The van der Waals surface area contributed by atoms with E-state index in [0.717, 1.165) is 31.8 Å². The van der Waals surface area contributed by atoms with E-state index in [0.29, 0.717) is 0 Å². The summed E-state index contributed by atoms with van der Waals surface area (Å²) in [4.78, 5) is 5.73. The Bertz CT molecular complexity index is 392. The Morgan fingerprint density at radius 2 is 2.40 bits per heavy atom. The molecule has 0 saturated heterocycles. The highest BCUT2D eigenvalue weighted by atomic mass is 32.1. The van der Waals surface area contributed by atoms with Crippen LogP contribution in [0, 0.1) is 0 Å². The Balaban J connectivity index is 2.04. The van der Waals surface area contributed by atoms with E-state index in [9.17, 15) is 0 Å². The summed E-state index contributed by atoms with van der Waals surface area (Å²) in [7, 11) is 0. The van der Waals surface area contributed by atoms with Crippen molar-refractivity contribution in [2.75, 3.05) is 6.54 Å². The molecular weight excluding hydrogens is 206 g/mol. The van der Waals surface area contributed by atoms with Crippen LogP contribution >= 0.6 is 11.3 Å². The number of aryl methyl sites for hydroxylation is 1. The maximum Gasteiger partial charge on any atom is 0.113 e. The highest BCUT2D eigenvalue weighted by Gasteiger charge is 2.03. The molecule has 15 heavy (non-hydrogen) atoms. The Morgan fingerprint density at radius 1 is 1.47 bits per heavy atom. The molecule has 0 atom stereocenters. The number of imidazole rings is 1. The summed E-state index contributed by atoms with van der Waals surface area (Å²) in [5, 5.41) is 2.10. The summed E-state index contributed by atoms with van der Waals surface area (Å²) in [6, 6.07) is 4.22. The van der Waals surface area contributed by atoms with E-state index in [-0.39, 0.29) is 0 Å². The molecule has 0 fully saturated rings. The van der Waals surface area contributed by atoms with Gasteiger partial charge in [-0.3, -0.25) is 0 Å². The second kappa shape index (κ2) is 5.09. The number of thiophene rings is 1. The molecule has 4 heteroatoms. The molecule has 0 amide bonds. The first-order chi connectivity index (χ1) is 7.40. The average molecular weight is 221 g/mol. The minimum Gasteiger partial charge on any atom is -0.335 e. The van der Waals surface area contributed by atoms with Crippen molar-refractivity contribution in [1.29, 1.82) is 0 Å². The lowest BCUT2D eigenvalue weighted by Crippen LogP contribution is -2.08. The first-order valence-electron chi connectivity index (χ1n) is 5.12. The van der Waals surface area contributed by atoms with E-state index in [1.165, 1.54) is 4.88 Å². The summed E-state index contributed by atoms with van der Waals surface area (Å²) in [5.41, 5.74) is 5.50. The van der Waals surface area contributed by atoms with Crippen LogP contribution in [0.4, 0.5) is 0 Å². The van der Waals surface area contributed by atoms with Crippen molar-refractivity contribution in [1.82, 2.24) is 9.55 Å². The second-order valence-electron chi connectivity index (χ2n) is 3.44. The summed E-state index contributed by atoms with van der Waals surface area (Å²) >= 11 is 1.78. The van der Waals surface area contributed by atoms with Gasteiger partial charge in [0.05, 0.1) is 0 Å². The molecule has 0 spiro atoms. The first-order valence-corrected chi connectivity index (χ1v) is 6.00. The number of nitrogens with two attached hydrogens (primary N) is 1. The van der Waals surface area contributed by atoms with Crippen LogP contribution < -0.4 is 5.73 Å². The SMILES string of the molecule is NCCCn1ccnc1Cc1cccs1. The minimum absolute atomic E-state index is 0.733. The van der Waals surface area contributed by atoms with Crippen molar-refractivity contribution < 1.29 is 0 Å². The van der Waals surface area contributed by atoms with Crippen molar-refractivity contribution in [3.8, 4) is 0 Å². The number of hydrogen-bond acceptors (Lipinski definition) is 3. The normalized spacial score (nSPS) is 10.7. The van der Waals surface area contributed by atoms with Crippen molar-refractivity contribution in [3.05, 3.63) is 40.6 Å². The van der Waals surface area contributed by atoms with Crippen molar-refractivity contribution in [2.24, 2.45) is 5.73 Å². The number of hydrogen-bond donors (Lipinski definition) is 1. The fourth-order valence-electron chi connectivity index (χ4n) is 1.54. The number of aromatic nitrogens is 2. The van der Waals surface area contributed by atoms with Crippen molar-refractivity contribution in [2.45, 2.75) is 19.4 Å². The molecule has 80 valence electrons. The monoisotopic (exact) mass is 221 g/mol. The molecule has 0 bridgehead atoms. The van der Waals surface area contributed by atoms with E-state index in [4.69, 9.17) is 5.73 Å². The largest absolute Gasteiger partial charge is 0.335 e. The fraction of sp³-hybridized carbons (Fsp3) is 0.364. The molecular formula is C11H15N3S. The van der Waals surface area contributed by atoms with Gasteiger partial charge in [0.1, 0.15) is 5.82 Å². The first kappa shape index (κ1) is 10.4. The maximum atomic E-state index is 5.50. The molecule has 0 unspecified atom stereocenters. The van der Waals surface area contributed by atoms with Gasteiger partial charge in [-0.15, -0.1) is 11.3 Å². The molecule has 2 aromatic rings. The summed E-state index contributed by atoms with van der Waals surface area (Å²) in [6.45, 7) is 1.70. The van der Waals surface area contributed by atoms with Crippen molar-refractivity contribution in [3.63, 3.8) is 0 Å². The third-order valence-electron chi connectivity index (χ3n) is 2.32. The van der Waals surface area contributed by atoms with E-state index < -0.39 is 0 Å². The van der Waals surface area contributed by atoms with Gasteiger partial charge in [0.15, 0.2) is 0 Å². The molecule has 0 aliphatic heterocycles. The topological polar surface area (TPSA) is 43.8 Å². The van der Waals surface area contributed by atoms with Gasteiger partial charge in [-0.05, 0) is 24.4 Å². The van der Waals surface area contributed by atoms with Gasteiger partial charge in [0.25, 0.3) is 0 Å². The molecule has 0 radical (unpaired) electrons. The van der Waals surface area contributed by atoms with Crippen LogP contribution in [-0.2, 0) is 13.0 Å². The van der Waals surface area contributed by atoms with Gasteiger partial charge in [0.2, 0.25) is 0 Å². The lowest BCUT2D eigenvalue weighted by atomic mass is 10.3. The molecule has 2 rings (SSSR count). The summed E-state index contributed by atoms with van der Waals surface area (Å²) < 4.78 is 2.19. The van der Waals surface area contributed by atoms with Gasteiger partial charge in [-0.1, -0.05) is 6.07 Å². The Labute approximate surface area is 93.6 Å². The minimum atomic E-state index is 0.733. The highest BCUT2D eigenvalue weighted by Crippen LogP contribution is 2.13. The van der Waals surface area contributed by atoms with Gasteiger partial charge in [-0.25, -0.2) is 4.98 Å². The van der Waals surface area contributed by atoms with Gasteiger partial charge < -0.3 is 10.3 Å². The number of nitrogens with zero attached hydrogens (tertiary/aromatic N) is 2. The maximum absolute atomic E-state index is 5.50. The zero-order chi connectivity index (χ0) is 10.5. The molecule has 0 aliphatic rings. The summed E-state index contributed by atoms with van der Waals surface area (Å²) in [6.07, 6.45) is 5.82. The fourth-order valence-corrected chi connectivity index (χ4v) is 2.24. The molecule has 0 aromatic carbocycles. The standard InChI is InChI=1S/C11H15N3S/c12-4-2-6-14-7-5-13-11(14)9-10-3-1-8-15-10/h1,3,5,7-8H,2,4,6,9,12H2. The van der Waals surface area contributed by atoms with Crippen LogP contribution in [0.15, 0.2) is 29.9 Å². The third-order valence-corrected chi connectivity index (χ3v) is 3.19. The van der Waals surface area contributed by atoms with E-state index in [2.05, 4.69) is 27.1 Å². The number of rotatable bonds is 5. The summed E-state index contributed by atoms with van der Waals surface area (Å²) in [5.74, 6) is 1.13. The Kier molecular flexibility index (Phi) is 3.53. The third kappa shape index (κ3) is 2.67. The van der Waals surface area contributed by atoms with Gasteiger partial charge >= 0.3 is 0 Å². The van der Waals surface area contributed by atoms with Crippen LogP contribution in [0.1, 0.15) is 17.1 Å². The molecule has 0 aliphatic carbocycles. The van der Waals surface area contributed by atoms with Gasteiger partial charge in [-0.2, -0.15) is 0 Å². The molecule has 2 N–H and O–H groups in total. The van der Waals surface area contributed by atoms with Crippen LogP contribution in [-0.4, -0.2) is 16.1 Å². The lowest BCUT2D eigenvalue weighted by molar-refractivity contribution is 0.625. The van der Waals surface area contributed by atoms with Crippen LogP contribution in [0.25, 0.3) is 0 Å². The van der Waals surface area contributed by atoms with Crippen molar-refractivity contribution >= 4 is 11.3 Å². The van der Waals surface area contributed by atoms with Crippen LogP contribution in [0.2, 0.25) is 0 Å². The molecule has 3 nitrogen and oxygen atoms in total. The molecule has 0 saturated carbocycles. The van der Waals surface area contributed by atoms with Crippen LogP contribution in [0.3, 0.4) is 0 Å². The van der Waals surface area contributed by atoms with E-state index in [1.54, 1.807) is 11.3 Å². The van der Waals surface area contributed by atoms with E-state index in [1.807, 2.05) is 12.4 Å². The zero-order valence-corrected chi connectivity index (χ0v) is 9.41. The molecule has 2 heterocycles. The highest BCUT2D eigenvalue weighted by molar-refractivity contribution is 7.09. The Hall–Kier alpha value is -1.13. The van der Waals surface area contributed by atoms with Crippen LogP contribution in [0.5, 0.6) is 0 Å². The smallest absolute Gasteiger partial charge is 0.113 e. The lowest BCUT2D eigenvalue weighted by Gasteiger charge is -2.05. The molecule has 2 aromatic heterocycles. The van der Waals surface area contributed by atoms with E-state index >= 15 is 0 Å². The second-order valence-corrected chi connectivity index (χ2v) is 4.47. The quantitative estimate of drug-likeness (QED) is 0.838.